The van der Waals surface area contributed by atoms with Crippen molar-refractivity contribution in [3.8, 4) is 28.4 Å². The Bertz CT molecular complexity index is 974. The lowest BCUT2D eigenvalue weighted by Gasteiger charge is -2.16. The summed E-state index contributed by atoms with van der Waals surface area (Å²) in [4.78, 5) is 12.5. The first-order valence-corrected chi connectivity index (χ1v) is 9.15. The molecule has 0 spiro atoms. The minimum Gasteiger partial charge on any atom is -0.493 e. The summed E-state index contributed by atoms with van der Waals surface area (Å²) in [7, 11) is 4.66. The van der Waals surface area contributed by atoms with Gasteiger partial charge in [0.15, 0.2) is 11.5 Å². The number of hydrogen-bond donors (Lipinski definition) is 2. The van der Waals surface area contributed by atoms with Gasteiger partial charge in [0.1, 0.15) is 0 Å². The Kier molecular flexibility index (Phi) is 6.58. The maximum atomic E-state index is 12.5. The van der Waals surface area contributed by atoms with Crippen LogP contribution in [-0.2, 0) is 6.54 Å². The molecule has 2 amide bonds. The number of amides is 2. The zero-order chi connectivity index (χ0) is 20.6. The molecule has 3 aromatic rings. The first-order chi connectivity index (χ1) is 14.2. The highest BCUT2D eigenvalue weighted by atomic mass is 16.5. The highest BCUT2D eigenvalue weighted by Crippen LogP contribution is 2.39. The van der Waals surface area contributed by atoms with E-state index in [1.54, 1.807) is 27.4 Å². The molecule has 0 bridgehead atoms. The smallest absolute Gasteiger partial charge is 0.319 e. The van der Waals surface area contributed by atoms with Crippen LogP contribution in [0.4, 0.5) is 10.5 Å². The quantitative estimate of drug-likeness (QED) is 0.611. The Balaban J connectivity index is 1.74. The lowest BCUT2D eigenvalue weighted by Crippen LogP contribution is -2.28. The molecule has 3 aromatic carbocycles. The largest absolute Gasteiger partial charge is 0.493 e. The van der Waals surface area contributed by atoms with Crippen LogP contribution < -0.4 is 24.8 Å². The zero-order valence-corrected chi connectivity index (χ0v) is 16.7. The van der Waals surface area contributed by atoms with Crippen molar-refractivity contribution >= 4 is 11.7 Å². The van der Waals surface area contributed by atoms with Crippen LogP contribution in [0.5, 0.6) is 17.2 Å². The Morgan fingerprint density at radius 3 is 2.17 bits per heavy atom. The number of hydrogen-bond acceptors (Lipinski definition) is 4. The maximum Gasteiger partial charge on any atom is 0.319 e. The van der Waals surface area contributed by atoms with Crippen LogP contribution in [0, 0.1) is 0 Å². The van der Waals surface area contributed by atoms with Crippen molar-refractivity contribution in [2.75, 3.05) is 26.6 Å². The molecule has 150 valence electrons. The predicted octanol–water partition coefficient (Wildman–Crippen LogP) is 4.70. The average Bonchev–Trinajstić information content (AvgIpc) is 2.77. The van der Waals surface area contributed by atoms with Gasteiger partial charge in [-0.1, -0.05) is 48.5 Å². The summed E-state index contributed by atoms with van der Waals surface area (Å²) in [5.74, 6) is 1.58. The molecule has 0 aliphatic heterocycles. The molecule has 0 saturated heterocycles. The molecule has 6 heteroatoms. The molecule has 29 heavy (non-hydrogen) atoms. The van der Waals surface area contributed by atoms with Gasteiger partial charge in [-0.15, -0.1) is 0 Å². The van der Waals surface area contributed by atoms with E-state index in [2.05, 4.69) is 10.6 Å². The number of nitrogens with one attached hydrogen (secondary N) is 2. The van der Waals surface area contributed by atoms with E-state index in [0.29, 0.717) is 17.2 Å². The molecule has 6 nitrogen and oxygen atoms in total. The van der Waals surface area contributed by atoms with Crippen molar-refractivity contribution in [3.05, 3.63) is 72.3 Å². The molecule has 0 aliphatic rings. The highest BCUT2D eigenvalue weighted by molar-refractivity contribution is 5.94. The molecule has 3 rings (SSSR count). The summed E-state index contributed by atoms with van der Waals surface area (Å²) in [6.07, 6.45) is 0. The summed E-state index contributed by atoms with van der Waals surface area (Å²) in [6.45, 7) is 0.267. The van der Waals surface area contributed by atoms with E-state index in [0.717, 1.165) is 22.4 Å². The molecule has 0 aliphatic carbocycles. The lowest BCUT2D eigenvalue weighted by atomic mass is 10.0. The van der Waals surface area contributed by atoms with Crippen molar-refractivity contribution in [1.29, 1.82) is 0 Å². The minimum atomic E-state index is -0.315. The lowest BCUT2D eigenvalue weighted by molar-refractivity contribution is 0.251. The summed E-state index contributed by atoms with van der Waals surface area (Å²) in [6, 6.07) is 20.9. The zero-order valence-electron chi connectivity index (χ0n) is 16.7. The summed E-state index contributed by atoms with van der Waals surface area (Å²) < 4.78 is 16.1. The van der Waals surface area contributed by atoms with E-state index in [1.165, 1.54) is 0 Å². The molecule has 0 unspecified atom stereocenters. The fraction of sp³-hybridized carbons (Fsp3) is 0.174. The third kappa shape index (κ3) is 4.60. The molecule has 0 fully saturated rings. The molecular formula is C23H24N2O4. The van der Waals surface area contributed by atoms with Gasteiger partial charge in [0.05, 0.1) is 27.0 Å². The summed E-state index contributed by atoms with van der Waals surface area (Å²) in [5.41, 5.74) is 3.49. The second-order valence-corrected chi connectivity index (χ2v) is 6.21. The fourth-order valence-corrected chi connectivity index (χ4v) is 3.11. The van der Waals surface area contributed by atoms with Crippen molar-refractivity contribution in [1.82, 2.24) is 5.32 Å². The van der Waals surface area contributed by atoms with Crippen molar-refractivity contribution in [2.45, 2.75) is 6.54 Å². The van der Waals surface area contributed by atoms with Crippen LogP contribution in [0.25, 0.3) is 11.1 Å². The second kappa shape index (κ2) is 9.50. The van der Waals surface area contributed by atoms with Gasteiger partial charge in [0.25, 0.3) is 0 Å². The van der Waals surface area contributed by atoms with Crippen molar-refractivity contribution in [3.63, 3.8) is 0 Å². The Hall–Kier alpha value is -3.67. The van der Waals surface area contributed by atoms with Crippen LogP contribution in [-0.4, -0.2) is 27.4 Å². The van der Waals surface area contributed by atoms with Crippen LogP contribution in [0.1, 0.15) is 5.56 Å². The average molecular weight is 392 g/mol. The van der Waals surface area contributed by atoms with Gasteiger partial charge in [0.2, 0.25) is 5.75 Å². The number of anilines is 1. The normalized spacial score (nSPS) is 10.2. The standard InChI is InChI=1S/C23H24N2O4/c1-27-20-14-13-17(21(28-2)22(20)29-3)15-24-23(26)25-19-12-8-7-11-18(19)16-9-5-4-6-10-16/h4-14H,15H2,1-3H3,(H2,24,25,26). The fourth-order valence-electron chi connectivity index (χ4n) is 3.11. The van der Waals surface area contributed by atoms with Gasteiger partial charge in [0, 0.05) is 17.7 Å². The van der Waals surface area contributed by atoms with Crippen LogP contribution in [0.15, 0.2) is 66.7 Å². The van der Waals surface area contributed by atoms with Gasteiger partial charge in [-0.3, -0.25) is 0 Å². The maximum absolute atomic E-state index is 12.5. The second-order valence-electron chi connectivity index (χ2n) is 6.21. The molecule has 2 N–H and O–H groups in total. The van der Waals surface area contributed by atoms with Gasteiger partial charge < -0.3 is 24.8 Å². The van der Waals surface area contributed by atoms with E-state index in [9.17, 15) is 4.79 Å². The molecule has 0 radical (unpaired) electrons. The number of rotatable bonds is 7. The molecule has 0 aromatic heterocycles. The number of benzene rings is 3. The van der Waals surface area contributed by atoms with Crippen molar-refractivity contribution in [2.24, 2.45) is 0 Å². The topological polar surface area (TPSA) is 68.8 Å². The molecular weight excluding hydrogens is 368 g/mol. The number of ether oxygens (including phenoxy) is 3. The first kappa shape index (κ1) is 20.1. The number of para-hydroxylation sites is 1. The van der Waals surface area contributed by atoms with Crippen molar-refractivity contribution < 1.29 is 19.0 Å². The summed E-state index contributed by atoms with van der Waals surface area (Å²) in [5, 5.41) is 5.78. The minimum absolute atomic E-state index is 0.267. The number of methoxy groups -OCH3 is 3. The Morgan fingerprint density at radius 2 is 1.48 bits per heavy atom. The number of carbonyl (C=O) groups is 1. The van der Waals surface area contributed by atoms with E-state index >= 15 is 0 Å². The molecule has 0 atom stereocenters. The van der Waals surface area contributed by atoms with Crippen LogP contribution in [0.3, 0.4) is 0 Å². The Labute approximate surface area is 170 Å². The van der Waals surface area contributed by atoms with Gasteiger partial charge in [-0.25, -0.2) is 4.79 Å². The van der Waals surface area contributed by atoms with Gasteiger partial charge >= 0.3 is 6.03 Å². The van der Waals surface area contributed by atoms with Gasteiger partial charge in [-0.05, 0) is 23.8 Å². The Morgan fingerprint density at radius 1 is 0.793 bits per heavy atom. The monoisotopic (exact) mass is 392 g/mol. The number of carbonyl (C=O) groups excluding carboxylic acids is 1. The predicted molar refractivity (Wildman–Crippen MR) is 114 cm³/mol. The first-order valence-electron chi connectivity index (χ1n) is 9.15. The summed E-state index contributed by atoms with van der Waals surface area (Å²) >= 11 is 0. The van der Waals surface area contributed by atoms with Crippen LogP contribution >= 0.6 is 0 Å². The molecule has 0 saturated carbocycles. The molecule has 0 heterocycles. The van der Waals surface area contributed by atoms with Gasteiger partial charge in [-0.2, -0.15) is 0 Å². The van der Waals surface area contributed by atoms with E-state index in [4.69, 9.17) is 14.2 Å². The van der Waals surface area contributed by atoms with Crippen LogP contribution in [0.2, 0.25) is 0 Å². The third-order valence-corrected chi connectivity index (χ3v) is 4.49. The SMILES string of the molecule is COc1ccc(CNC(=O)Nc2ccccc2-c2ccccc2)c(OC)c1OC. The number of urea groups is 1. The third-order valence-electron chi connectivity index (χ3n) is 4.49. The van der Waals surface area contributed by atoms with E-state index < -0.39 is 0 Å². The highest BCUT2D eigenvalue weighted by Gasteiger charge is 2.16. The van der Waals surface area contributed by atoms with E-state index in [1.807, 2.05) is 60.7 Å². The van der Waals surface area contributed by atoms with E-state index in [-0.39, 0.29) is 12.6 Å².